The summed E-state index contributed by atoms with van der Waals surface area (Å²) >= 11 is 0. The molecule has 6 nitrogen and oxygen atoms in total. The number of nitrogens with zero attached hydrogens (tertiary/aromatic N) is 2. The lowest BCUT2D eigenvalue weighted by Gasteiger charge is -2.14. The number of pyridine rings is 2. The molecule has 0 bridgehead atoms. The van der Waals surface area contributed by atoms with Crippen molar-refractivity contribution in [2.45, 2.75) is 13.5 Å². The van der Waals surface area contributed by atoms with Gasteiger partial charge in [-0.1, -0.05) is 6.07 Å². The third-order valence-electron chi connectivity index (χ3n) is 3.82. The summed E-state index contributed by atoms with van der Waals surface area (Å²) in [6.07, 6.45) is 5.01. The van der Waals surface area contributed by atoms with Gasteiger partial charge in [0.25, 0.3) is 5.91 Å². The van der Waals surface area contributed by atoms with E-state index in [2.05, 4.69) is 10.3 Å². The summed E-state index contributed by atoms with van der Waals surface area (Å²) in [7, 11) is 0. The number of carbonyl (C=O) groups is 1. The average Bonchev–Trinajstić information content (AvgIpc) is 2.58. The third-order valence-corrected chi connectivity index (χ3v) is 3.82. The molecule has 0 unspecified atom stereocenters. The van der Waals surface area contributed by atoms with E-state index in [0.29, 0.717) is 29.7 Å². The number of hydrogen-bond acceptors (Lipinski definition) is 4. The summed E-state index contributed by atoms with van der Waals surface area (Å²) in [5.41, 5.74) is 7.83. The Morgan fingerprint density at radius 2 is 2.00 bits per heavy atom. The van der Waals surface area contributed by atoms with Gasteiger partial charge in [0.05, 0.1) is 10.9 Å². The molecule has 6 heteroatoms. The number of aromatic nitrogens is 2. The van der Waals surface area contributed by atoms with E-state index in [-0.39, 0.29) is 11.0 Å². The minimum Gasteiger partial charge on any atom is -0.398 e. The van der Waals surface area contributed by atoms with Crippen LogP contribution < -0.4 is 16.5 Å². The molecule has 122 valence electrons. The third kappa shape index (κ3) is 2.86. The predicted octanol–water partition coefficient (Wildman–Crippen LogP) is 1.78. The van der Waals surface area contributed by atoms with Gasteiger partial charge in [0.15, 0.2) is 0 Å². The first-order valence-electron chi connectivity index (χ1n) is 7.70. The normalized spacial score (nSPS) is 10.7. The average molecular weight is 322 g/mol. The van der Waals surface area contributed by atoms with Crippen LogP contribution in [0.25, 0.3) is 10.9 Å². The highest BCUT2D eigenvalue weighted by Gasteiger charge is 2.16. The number of fused-ring (bicyclic) bond motifs is 1. The maximum Gasteiger partial charge on any atom is 0.256 e. The zero-order chi connectivity index (χ0) is 17.1. The minimum absolute atomic E-state index is 0.0938. The van der Waals surface area contributed by atoms with Crippen LogP contribution >= 0.6 is 0 Å². The van der Waals surface area contributed by atoms with Gasteiger partial charge >= 0.3 is 0 Å². The molecule has 0 saturated heterocycles. The quantitative estimate of drug-likeness (QED) is 0.716. The zero-order valence-electron chi connectivity index (χ0n) is 13.3. The second-order valence-corrected chi connectivity index (χ2v) is 5.46. The Morgan fingerprint density at radius 3 is 2.71 bits per heavy atom. The lowest BCUT2D eigenvalue weighted by molar-refractivity contribution is 0.0954. The summed E-state index contributed by atoms with van der Waals surface area (Å²) in [5, 5.41) is 3.05. The lowest BCUT2D eigenvalue weighted by atomic mass is 10.1. The van der Waals surface area contributed by atoms with Crippen molar-refractivity contribution in [2.75, 3.05) is 12.3 Å². The molecule has 2 heterocycles. The van der Waals surface area contributed by atoms with Crippen LogP contribution in [0, 0.1) is 0 Å². The molecule has 0 spiro atoms. The van der Waals surface area contributed by atoms with Crippen molar-refractivity contribution >= 4 is 22.5 Å². The molecule has 0 aliphatic heterocycles. The van der Waals surface area contributed by atoms with Gasteiger partial charge in [-0.2, -0.15) is 0 Å². The van der Waals surface area contributed by atoms with Gasteiger partial charge in [-0.05, 0) is 36.8 Å². The van der Waals surface area contributed by atoms with Gasteiger partial charge in [0, 0.05) is 37.4 Å². The highest BCUT2D eigenvalue weighted by Crippen LogP contribution is 2.19. The van der Waals surface area contributed by atoms with Crippen LogP contribution in [-0.4, -0.2) is 22.0 Å². The van der Waals surface area contributed by atoms with Crippen molar-refractivity contribution in [3.05, 3.63) is 70.3 Å². The largest absolute Gasteiger partial charge is 0.398 e. The van der Waals surface area contributed by atoms with Gasteiger partial charge < -0.3 is 15.6 Å². The molecular weight excluding hydrogens is 304 g/mol. The Kier molecular flexibility index (Phi) is 4.29. The number of rotatable bonds is 4. The lowest BCUT2D eigenvalue weighted by Crippen LogP contribution is -2.30. The topological polar surface area (TPSA) is 90.0 Å². The molecule has 3 N–H and O–H groups in total. The van der Waals surface area contributed by atoms with Crippen LogP contribution in [-0.2, 0) is 6.54 Å². The Labute approximate surface area is 138 Å². The fourth-order valence-corrected chi connectivity index (χ4v) is 2.70. The van der Waals surface area contributed by atoms with E-state index in [1.54, 1.807) is 30.7 Å². The van der Waals surface area contributed by atoms with Crippen LogP contribution in [0.5, 0.6) is 0 Å². The van der Waals surface area contributed by atoms with Crippen LogP contribution in [0.15, 0.2) is 53.7 Å². The zero-order valence-corrected chi connectivity index (χ0v) is 13.3. The van der Waals surface area contributed by atoms with Gasteiger partial charge in [-0.3, -0.25) is 14.6 Å². The summed E-state index contributed by atoms with van der Waals surface area (Å²) in [4.78, 5) is 29.0. The summed E-state index contributed by atoms with van der Waals surface area (Å²) in [6, 6.07) is 9.08. The number of nitrogen functional groups attached to an aromatic ring is 1. The fraction of sp³-hybridized carbons (Fsp3) is 0.167. The van der Waals surface area contributed by atoms with E-state index in [4.69, 9.17) is 5.73 Å². The number of nitrogens with two attached hydrogens (primary N) is 1. The van der Waals surface area contributed by atoms with Gasteiger partial charge in [0.1, 0.15) is 5.56 Å². The number of hydrogen-bond donors (Lipinski definition) is 2. The molecule has 0 aliphatic rings. The minimum atomic E-state index is -0.392. The Bertz CT molecular complexity index is 948. The number of benzene rings is 1. The van der Waals surface area contributed by atoms with Gasteiger partial charge in [-0.15, -0.1) is 0 Å². The Balaban J connectivity index is 2.24. The maximum absolute atomic E-state index is 12.7. The second-order valence-electron chi connectivity index (χ2n) is 5.46. The van der Waals surface area contributed by atoms with E-state index in [1.807, 2.05) is 29.7 Å². The van der Waals surface area contributed by atoms with Crippen molar-refractivity contribution in [1.29, 1.82) is 0 Å². The monoisotopic (exact) mass is 322 g/mol. The first-order valence-corrected chi connectivity index (χ1v) is 7.70. The van der Waals surface area contributed by atoms with Gasteiger partial charge in [0.2, 0.25) is 5.43 Å². The van der Waals surface area contributed by atoms with Crippen molar-refractivity contribution in [3.63, 3.8) is 0 Å². The molecule has 2 aromatic heterocycles. The van der Waals surface area contributed by atoms with Crippen LogP contribution in [0.2, 0.25) is 0 Å². The predicted molar refractivity (Wildman–Crippen MR) is 94.0 cm³/mol. The standard InChI is InChI=1S/C18H18N4O2/c1-2-21-18(24)13-11-22(10-12-6-8-20-9-7-12)15-5-3-4-14(19)16(15)17(13)23/h3-9,11H,2,10,19H2,1H3,(H,21,24). The van der Waals surface area contributed by atoms with E-state index in [0.717, 1.165) is 5.56 Å². The summed E-state index contributed by atoms with van der Waals surface area (Å²) in [6.45, 7) is 2.77. The molecule has 1 aromatic carbocycles. The highest BCUT2D eigenvalue weighted by molar-refractivity contribution is 6.00. The van der Waals surface area contributed by atoms with E-state index in [1.165, 1.54) is 0 Å². The SMILES string of the molecule is CCNC(=O)c1cn(Cc2ccncc2)c2cccc(N)c2c1=O. The number of amides is 1. The van der Waals surface area contributed by atoms with E-state index < -0.39 is 5.91 Å². The van der Waals surface area contributed by atoms with Crippen LogP contribution in [0.4, 0.5) is 5.69 Å². The molecule has 0 saturated carbocycles. The fourth-order valence-electron chi connectivity index (χ4n) is 2.70. The molecular formula is C18H18N4O2. The molecule has 0 fully saturated rings. The van der Waals surface area contributed by atoms with E-state index in [9.17, 15) is 9.59 Å². The van der Waals surface area contributed by atoms with Crippen molar-refractivity contribution in [3.8, 4) is 0 Å². The smallest absolute Gasteiger partial charge is 0.256 e. The molecule has 0 atom stereocenters. The number of anilines is 1. The molecule has 0 aliphatic carbocycles. The van der Waals surface area contributed by atoms with Crippen molar-refractivity contribution in [1.82, 2.24) is 14.9 Å². The first kappa shape index (κ1) is 15.7. The molecule has 24 heavy (non-hydrogen) atoms. The van der Waals surface area contributed by atoms with E-state index >= 15 is 0 Å². The first-order chi connectivity index (χ1) is 11.6. The molecule has 1 amide bonds. The molecule has 0 radical (unpaired) electrons. The Hall–Kier alpha value is -3.15. The number of nitrogens with one attached hydrogen (secondary N) is 1. The van der Waals surface area contributed by atoms with Crippen molar-refractivity contribution < 1.29 is 4.79 Å². The molecule has 3 rings (SSSR count). The van der Waals surface area contributed by atoms with Gasteiger partial charge in [-0.25, -0.2) is 0 Å². The molecule has 3 aromatic rings. The summed E-state index contributed by atoms with van der Waals surface area (Å²) < 4.78 is 1.87. The summed E-state index contributed by atoms with van der Waals surface area (Å²) in [5.74, 6) is -0.392. The second kappa shape index (κ2) is 6.54. The maximum atomic E-state index is 12.7. The van der Waals surface area contributed by atoms with Crippen LogP contribution in [0.1, 0.15) is 22.8 Å². The van der Waals surface area contributed by atoms with Crippen LogP contribution in [0.3, 0.4) is 0 Å². The van der Waals surface area contributed by atoms with Crippen molar-refractivity contribution in [2.24, 2.45) is 0 Å². The number of carbonyl (C=O) groups excluding carboxylic acids is 1. The Morgan fingerprint density at radius 1 is 1.25 bits per heavy atom. The highest BCUT2D eigenvalue weighted by atomic mass is 16.2.